The molecular weight excluding hydrogens is 241 g/mol. The molecule has 5 nitrogen and oxygen atoms in total. The average molecular weight is 261 g/mol. The quantitative estimate of drug-likeness (QED) is 0.826. The molecule has 1 aliphatic rings. The van der Waals surface area contributed by atoms with E-state index in [0.29, 0.717) is 0 Å². The monoisotopic (exact) mass is 261 g/mol. The number of carbonyl (C=O) groups excluding carboxylic acids is 1. The average Bonchev–Trinajstić information content (AvgIpc) is 2.17. The number of rotatable bonds is 2. The summed E-state index contributed by atoms with van der Waals surface area (Å²) in [4.78, 5) is 23.8. The van der Waals surface area contributed by atoms with Crippen LogP contribution in [-0.2, 0) is 9.53 Å². The summed E-state index contributed by atoms with van der Waals surface area (Å²) in [6.07, 6.45) is -1.78. The van der Waals surface area contributed by atoms with Crippen molar-refractivity contribution in [3.63, 3.8) is 0 Å². The molecule has 1 heterocycles. The molecule has 1 rings (SSSR count). The standard InChI is InChI=1S/C12H20FNO4/c1-12(2,3)18-11(17)14-5-4-9(13)8(7-14)6-10(15)16/h8-9H,4-7H2,1-3H3,(H,15,16)/t8-,9-/m1/s1. The van der Waals surface area contributed by atoms with Crippen molar-refractivity contribution in [3.8, 4) is 0 Å². The lowest BCUT2D eigenvalue weighted by molar-refractivity contribution is -0.139. The molecule has 18 heavy (non-hydrogen) atoms. The second-order valence-electron chi connectivity index (χ2n) is 5.59. The maximum absolute atomic E-state index is 13.5. The Hall–Kier alpha value is -1.33. The number of carboxylic acid groups (broad SMARTS) is 1. The second-order valence-corrected chi connectivity index (χ2v) is 5.59. The molecule has 0 aliphatic carbocycles. The summed E-state index contributed by atoms with van der Waals surface area (Å²) in [6.45, 7) is 5.62. The van der Waals surface area contributed by atoms with Crippen LogP contribution in [0, 0.1) is 5.92 Å². The van der Waals surface area contributed by atoms with Crippen LogP contribution in [0.2, 0.25) is 0 Å². The van der Waals surface area contributed by atoms with Crippen molar-refractivity contribution in [2.75, 3.05) is 13.1 Å². The van der Waals surface area contributed by atoms with Crippen molar-refractivity contribution in [1.29, 1.82) is 0 Å². The van der Waals surface area contributed by atoms with Crippen molar-refractivity contribution in [1.82, 2.24) is 4.90 Å². The van der Waals surface area contributed by atoms with Crippen LogP contribution < -0.4 is 0 Å². The predicted molar refractivity (Wildman–Crippen MR) is 63.1 cm³/mol. The Morgan fingerprint density at radius 2 is 2.06 bits per heavy atom. The van der Waals surface area contributed by atoms with Crippen LogP contribution in [-0.4, -0.2) is 46.9 Å². The minimum atomic E-state index is -1.17. The summed E-state index contributed by atoms with van der Waals surface area (Å²) < 4.78 is 18.7. The third-order valence-electron chi connectivity index (χ3n) is 2.73. The molecule has 1 N–H and O–H groups in total. The van der Waals surface area contributed by atoms with Crippen molar-refractivity contribution in [3.05, 3.63) is 0 Å². The van der Waals surface area contributed by atoms with E-state index in [-0.39, 0.29) is 25.9 Å². The van der Waals surface area contributed by atoms with Crippen LogP contribution in [0.25, 0.3) is 0 Å². The highest BCUT2D eigenvalue weighted by Crippen LogP contribution is 2.24. The minimum absolute atomic E-state index is 0.0996. The highest BCUT2D eigenvalue weighted by atomic mass is 19.1. The van der Waals surface area contributed by atoms with Gasteiger partial charge in [-0.3, -0.25) is 4.79 Å². The van der Waals surface area contributed by atoms with Gasteiger partial charge >= 0.3 is 12.1 Å². The summed E-state index contributed by atoms with van der Waals surface area (Å²) >= 11 is 0. The largest absolute Gasteiger partial charge is 0.481 e. The molecule has 0 bridgehead atoms. The summed E-state index contributed by atoms with van der Waals surface area (Å²) in [6, 6.07) is 0. The molecule has 0 aromatic heterocycles. The molecule has 0 spiro atoms. The maximum Gasteiger partial charge on any atom is 0.410 e. The Kier molecular flexibility index (Phi) is 4.53. The number of halogens is 1. The van der Waals surface area contributed by atoms with Gasteiger partial charge in [0.25, 0.3) is 0 Å². The number of ether oxygens (including phenoxy) is 1. The number of amides is 1. The van der Waals surface area contributed by atoms with Crippen molar-refractivity contribution < 1.29 is 23.8 Å². The molecule has 0 aromatic rings. The zero-order chi connectivity index (χ0) is 13.9. The van der Waals surface area contributed by atoms with E-state index in [0.717, 1.165) is 0 Å². The van der Waals surface area contributed by atoms with Crippen molar-refractivity contribution in [2.24, 2.45) is 5.92 Å². The summed E-state index contributed by atoms with van der Waals surface area (Å²) in [7, 11) is 0. The van der Waals surface area contributed by atoms with Crippen molar-refractivity contribution >= 4 is 12.1 Å². The smallest absolute Gasteiger partial charge is 0.410 e. The number of hydrogen-bond acceptors (Lipinski definition) is 3. The van der Waals surface area contributed by atoms with E-state index in [9.17, 15) is 14.0 Å². The maximum atomic E-state index is 13.5. The molecule has 6 heteroatoms. The van der Waals surface area contributed by atoms with Gasteiger partial charge in [0.2, 0.25) is 0 Å². The van der Waals surface area contributed by atoms with Gasteiger partial charge in [-0.15, -0.1) is 0 Å². The number of alkyl halides is 1. The fourth-order valence-corrected chi connectivity index (χ4v) is 1.91. The molecule has 0 saturated carbocycles. The predicted octanol–water partition coefficient (Wildman–Crippen LogP) is 2.06. The Labute approximate surface area is 106 Å². The first kappa shape index (κ1) is 14.7. The number of aliphatic carboxylic acids is 1. The molecule has 104 valence electrons. The zero-order valence-corrected chi connectivity index (χ0v) is 11.0. The second kappa shape index (κ2) is 5.54. The van der Waals surface area contributed by atoms with Gasteiger partial charge in [-0.25, -0.2) is 9.18 Å². The van der Waals surface area contributed by atoms with Crippen LogP contribution in [0.1, 0.15) is 33.6 Å². The molecule has 1 saturated heterocycles. The van der Waals surface area contributed by atoms with Crippen LogP contribution in [0.3, 0.4) is 0 Å². The lowest BCUT2D eigenvalue weighted by Crippen LogP contribution is -2.47. The molecule has 0 unspecified atom stereocenters. The third kappa shape index (κ3) is 4.50. The van der Waals surface area contributed by atoms with E-state index in [1.54, 1.807) is 20.8 Å². The van der Waals surface area contributed by atoms with Crippen LogP contribution >= 0.6 is 0 Å². The Bertz CT molecular complexity index is 327. The number of hydrogen-bond donors (Lipinski definition) is 1. The SMILES string of the molecule is CC(C)(C)OC(=O)N1CC[C@@H](F)[C@H](CC(=O)O)C1. The van der Waals surface area contributed by atoms with Gasteiger partial charge in [0.1, 0.15) is 11.8 Å². The fraction of sp³-hybridized carbons (Fsp3) is 0.833. The first-order valence-electron chi connectivity index (χ1n) is 6.03. The number of nitrogens with zero attached hydrogens (tertiary/aromatic N) is 1. The topological polar surface area (TPSA) is 66.8 Å². The van der Waals surface area contributed by atoms with Gasteiger partial charge in [-0.1, -0.05) is 0 Å². The van der Waals surface area contributed by atoms with Gasteiger partial charge in [0.05, 0.1) is 6.42 Å². The van der Waals surface area contributed by atoms with E-state index in [1.165, 1.54) is 4.90 Å². The van der Waals surface area contributed by atoms with Crippen LogP contribution in [0.4, 0.5) is 9.18 Å². The zero-order valence-electron chi connectivity index (χ0n) is 11.0. The molecule has 2 atom stereocenters. The first-order valence-corrected chi connectivity index (χ1v) is 6.03. The van der Waals surface area contributed by atoms with Gasteiger partial charge in [-0.05, 0) is 27.2 Å². The lowest BCUT2D eigenvalue weighted by atomic mass is 9.93. The fourth-order valence-electron chi connectivity index (χ4n) is 1.91. The van der Waals surface area contributed by atoms with Gasteiger partial charge in [0, 0.05) is 19.0 Å². The number of carbonyl (C=O) groups is 2. The molecular formula is C12H20FNO4. The summed E-state index contributed by atoms with van der Waals surface area (Å²) in [5.41, 5.74) is -0.605. The van der Waals surface area contributed by atoms with E-state index in [4.69, 9.17) is 9.84 Å². The number of carboxylic acids is 1. The summed E-state index contributed by atoms with van der Waals surface area (Å²) in [5.74, 6) is -1.70. The minimum Gasteiger partial charge on any atom is -0.481 e. The number of piperidine rings is 1. The van der Waals surface area contributed by atoms with Crippen molar-refractivity contribution in [2.45, 2.75) is 45.4 Å². The molecule has 0 aromatic carbocycles. The van der Waals surface area contributed by atoms with Crippen LogP contribution in [0.5, 0.6) is 0 Å². The van der Waals surface area contributed by atoms with E-state index >= 15 is 0 Å². The van der Waals surface area contributed by atoms with E-state index in [1.807, 2.05) is 0 Å². The molecule has 0 radical (unpaired) electrons. The van der Waals surface area contributed by atoms with Crippen LogP contribution in [0.15, 0.2) is 0 Å². The van der Waals surface area contributed by atoms with Gasteiger partial charge < -0.3 is 14.7 Å². The highest BCUT2D eigenvalue weighted by Gasteiger charge is 2.34. The first-order chi connectivity index (χ1) is 8.19. The molecule has 1 fully saturated rings. The number of likely N-dealkylation sites (tertiary alicyclic amines) is 1. The Morgan fingerprint density at radius 1 is 1.44 bits per heavy atom. The highest BCUT2D eigenvalue weighted by molar-refractivity contribution is 5.69. The molecule has 1 aliphatic heterocycles. The normalized spacial score (nSPS) is 24.8. The Balaban J connectivity index is 2.58. The Morgan fingerprint density at radius 3 is 2.56 bits per heavy atom. The van der Waals surface area contributed by atoms with E-state index in [2.05, 4.69) is 0 Å². The van der Waals surface area contributed by atoms with E-state index < -0.39 is 29.8 Å². The molecule has 1 amide bonds. The van der Waals surface area contributed by atoms with Gasteiger partial charge in [0.15, 0.2) is 0 Å². The van der Waals surface area contributed by atoms with Gasteiger partial charge in [-0.2, -0.15) is 0 Å². The third-order valence-corrected chi connectivity index (χ3v) is 2.73. The lowest BCUT2D eigenvalue weighted by Gasteiger charge is -2.35. The summed E-state index contributed by atoms with van der Waals surface area (Å²) in [5, 5.41) is 8.69.